The maximum Gasteiger partial charge on any atom is 0.303 e. The van der Waals surface area contributed by atoms with Crippen LogP contribution in [0.1, 0.15) is 100.0 Å². The lowest BCUT2D eigenvalue weighted by Gasteiger charge is -2.33. The van der Waals surface area contributed by atoms with E-state index in [0.717, 1.165) is 77.2 Å². The van der Waals surface area contributed by atoms with Crippen molar-refractivity contribution in [3.63, 3.8) is 0 Å². The number of carboxylic acid groups (broad SMARTS) is 1. The number of unbranched alkanes of at least 4 members (excludes halogenated alkanes) is 1. The summed E-state index contributed by atoms with van der Waals surface area (Å²) in [6, 6.07) is 35.9. The minimum atomic E-state index is -0.783. The Morgan fingerprint density at radius 3 is 0.746 bits per heavy atom. The van der Waals surface area contributed by atoms with Gasteiger partial charge in [-0.25, -0.2) is 196 Å². The van der Waals surface area contributed by atoms with Gasteiger partial charge in [-0.05, 0) is 161 Å². The molecule has 0 bridgehead atoms. The topological polar surface area (TPSA) is 469 Å². The number of ether oxygens (including phenoxy) is 4. The molecule has 1 atom stereocenters. The zero-order valence-electron chi connectivity index (χ0n) is 80.8. The second-order valence-corrected chi connectivity index (χ2v) is 30.8. The molecule has 0 amide bonds. The Labute approximate surface area is 836 Å². The molecule has 0 aromatic heterocycles. The predicted octanol–water partition coefficient (Wildman–Crippen LogP) is 11.4. The van der Waals surface area contributed by atoms with Crippen molar-refractivity contribution in [1.82, 2.24) is 0 Å². The van der Waals surface area contributed by atoms with E-state index in [-0.39, 0.29) is 270 Å². The molecule has 810 valence electrons. The van der Waals surface area contributed by atoms with E-state index >= 15 is 0 Å². The zero-order chi connectivity index (χ0) is 99.4. The first-order chi connectivity index (χ1) is 69.7. The van der Waals surface area contributed by atoms with Gasteiger partial charge in [0.25, 0.3) is 0 Å². The molecule has 2 aliphatic rings. The number of aliphatic carboxylic acids is 1. The van der Waals surface area contributed by atoms with Crippen molar-refractivity contribution < 1.29 is 224 Å². The van der Waals surface area contributed by atoms with Crippen LogP contribution in [0.3, 0.4) is 0 Å². The van der Waals surface area contributed by atoms with Gasteiger partial charge in [0.05, 0.1) is 26.4 Å². The molecule has 0 heterocycles. The number of halogens is 1. The average Bonchev–Trinajstić information content (AvgIpc) is 1.55. The molecule has 1 unspecified atom stereocenters. The Morgan fingerprint density at radius 1 is 0.261 bits per heavy atom. The highest BCUT2D eigenvalue weighted by Gasteiger charge is 2.44. The van der Waals surface area contributed by atoms with Crippen molar-refractivity contribution >= 4 is 21.9 Å². The standard InChI is InChI=1S/C93H142BrNO46.CH4/c1-92(23-4-5-26-95)87-73-79(78-13-11-77(12-14-78)9-6-10-91(96)97)15-19-83(87)84-20-16-80(74-88(84)92)81-17-21-85-86-22-18-82(94)76-90(86)93(89(85)75-81,24-7-27-100-31-35-104-108-39-43-112-116-47-51-120-124-55-59-128-132-63-67-136-140-71-69-138-134-65-61-130-126-57-53-122-118-49-45-114-110-41-37-106-102-33-29-98-2)25-8-28-101-32-36-105-109-40-44-113-117-48-52-121-125-56-60-129-133-64-68-137-141-72-70-139-135-66-62-131-127-58-54-123-119-50-46-115-111-42-38-107-103-34-30-99-3;/h11-22,73-76H,4-10,23-72,95H2,1-3H3,(H,96,97);1H4. The molecule has 0 radical (unpaired) electrons. The molecule has 5 aromatic carbocycles. The highest BCUT2D eigenvalue weighted by molar-refractivity contribution is 9.10. The molecule has 0 spiro atoms. The van der Waals surface area contributed by atoms with E-state index in [1.54, 1.807) is 14.2 Å². The van der Waals surface area contributed by atoms with E-state index in [9.17, 15) is 9.90 Å². The van der Waals surface area contributed by atoms with E-state index < -0.39 is 11.4 Å². The van der Waals surface area contributed by atoms with Gasteiger partial charge in [0.15, 0.2) is 0 Å². The van der Waals surface area contributed by atoms with Crippen molar-refractivity contribution in [2.24, 2.45) is 5.73 Å². The Kier molecular flexibility index (Phi) is 75.8. The van der Waals surface area contributed by atoms with Crippen LogP contribution in [0.2, 0.25) is 0 Å². The number of aryl methyl sites for hydroxylation is 1. The van der Waals surface area contributed by atoms with Crippen LogP contribution in [0.4, 0.5) is 0 Å². The van der Waals surface area contributed by atoms with E-state index in [4.69, 9.17) is 220 Å². The van der Waals surface area contributed by atoms with E-state index in [2.05, 4.69) is 120 Å². The number of carbonyl (C=O) groups is 1. The first-order valence-corrected chi connectivity index (χ1v) is 47.8. The maximum absolute atomic E-state index is 11.2. The first kappa shape index (κ1) is 125. The fourth-order valence-electron chi connectivity index (χ4n) is 13.6. The smallest absolute Gasteiger partial charge is 0.303 e. The van der Waals surface area contributed by atoms with Crippen molar-refractivity contribution in [1.29, 1.82) is 0 Å². The number of hydrogen-bond acceptors (Lipinski definition) is 46. The van der Waals surface area contributed by atoms with Gasteiger partial charge in [-0.2, -0.15) is 0 Å². The summed E-state index contributed by atoms with van der Waals surface area (Å²) < 4.78 is 23.0. The molecule has 0 saturated carbocycles. The third kappa shape index (κ3) is 56.0. The molecule has 7 rings (SSSR count). The van der Waals surface area contributed by atoms with E-state index in [0.29, 0.717) is 72.2 Å². The monoisotopic (exact) mass is 2100 g/mol. The average molecular weight is 2110 g/mol. The fourth-order valence-corrected chi connectivity index (χ4v) is 14.0. The SMILES string of the molecule is C.COCCOOCCOOCCOOCCOOCCOOCCOOCCOOCCOOCCOOCCOOCCOCCCC1(CCCOCCOOCCOOCCOOCCOOCCOOCCOOCCOOCCOOCCOOCCOOCCOC)c2cc(Br)ccc2-c2ccc(-c3ccc4c(c3)C(C)(CCCCN)c3cc(-c5ccc(CCCC(=O)O)cc5)ccc3-4)cc21. The third-order valence-corrected chi connectivity index (χ3v) is 20.3. The van der Waals surface area contributed by atoms with E-state index in [1.807, 2.05) is 0 Å². The normalized spacial score (nSPS) is 13.5. The number of nitrogens with two attached hydrogens (primary N) is 1. The predicted molar refractivity (Wildman–Crippen MR) is 495 cm³/mol. The van der Waals surface area contributed by atoms with E-state index in [1.165, 1.54) is 44.5 Å². The molecule has 0 fully saturated rings. The van der Waals surface area contributed by atoms with Gasteiger partial charge in [-0.1, -0.05) is 103 Å². The molecule has 3 N–H and O–H groups in total. The van der Waals surface area contributed by atoms with Crippen LogP contribution in [0.5, 0.6) is 0 Å². The zero-order valence-corrected chi connectivity index (χ0v) is 82.4. The van der Waals surface area contributed by atoms with Crippen LogP contribution in [0.15, 0.2) is 102 Å². The summed E-state index contributed by atoms with van der Waals surface area (Å²) in [5, 5.41) is 9.23. The van der Waals surface area contributed by atoms with Crippen molar-refractivity contribution in [2.75, 3.05) is 325 Å². The quantitative estimate of drug-likeness (QED) is 0.0207. The fraction of sp³-hybridized carbons (Fsp3) is 0.670. The van der Waals surface area contributed by atoms with Crippen LogP contribution in [-0.2, 0) is 236 Å². The largest absolute Gasteiger partial charge is 0.481 e. The summed E-state index contributed by atoms with van der Waals surface area (Å²) in [6.45, 7) is 10.3. The summed E-state index contributed by atoms with van der Waals surface area (Å²) in [7, 11) is 3.13. The number of methoxy groups -OCH3 is 2. The summed E-state index contributed by atoms with van der Waals surface area (Å²) in [6.07, 6.45) is 7.28. The van der Waals surface area contributed by atoms with Gasteiger partial charge in [-0.3, -0.25) is 4.79 Å². The number of fused-ring (bicyclic) bond motifs is 6. The van der Waals surface area contributed by atoms with Crippen LogP contribution in [0, 0.1) is 0 Å². The second-order valence-electron chi connectivity index (χ2n) is 29.9. The van der Waals surface area contributed by atoms with Crippen molar-refractivity contribution in [3.05, 3.63) is 129 Å². The summed E-state index contributed by atoms with van der Waals surface area (Å²) in [5.41, 5.74) is 21.0. The van der Waals surface area contributed by atoms with Crippen LogP contribution < -0.4 is 5.73 Å². The van der Waals surface area contributed by atoms with Crippen molar-refractivity contribution in [2.45, 2.75) is 89.4 Å². The summed E-state index contributed by atoms with van der Waals surface area (Å²) in [4.78, 5) is 212. The lowest BCUT2D eigenvalue weighted by atomic mass is 9.71. The highest BCUT2D eigenvalue weighted by atomic mass is 79.9. The van der Waals surface area contributed by atoms with Crippen LogP contribution in [0.25, 0.3) is 44.5 Å². The number of rotatable bonds is 104. The minimum absolute atomic E-state index is 0. The van der Waals surface area contributed by atoms with Crippen molar-refractivity contribution in [3.8, 4) is 44.5 Å². The molecule has 5 aromatic rings. The third-order valence-electron chi connectivity index (χ3n) is 19.8. The molecule has 0 saturated heterocycles. The number of hydrogen-bond donors (Lipinski definition) is 2. The van der Waals surface area contributed by atoms with Crippen LogP contribution in [-0.4, -0.2) is 336 Å². The lowest BCUT2D eigenvalue weighted by Crippen LogP contribution is -2.27. The Hall–Kier alpha value is -5.75. The summed E-state index contributed by atoms with van der Waals surface area (Å²) in [5.74, 6) is -0.783. The Balaban J connectivity index is 0.0000309. The second kappa shape index (κ2) is 86.1. The molecule has 47 nitrogen and oxygen atoms in total. The molecule has 142 heavy (non-hydrogen) atoms. The van der Waals surface area contributed by atoms with Gasteiger partial charge in [0, 0.05) is 49.2 Å². The molecular formula is C94H146BrNO46. The molecular weight excluding hydrogens is 1960 g/mol. The number of carboxylic acids is 1. The van der Waals surface area contributed by atoms with Gasteiger partial charge in [0.2, 0.25) is 0 Å². The minimum Gasteiger partial charge on any atom is -0.481 e. The maximum atomic E-state index is 11.2. The number of benzene rings is 5. The molecule has 48 heteroatoms. The van der Waals surface area contributed by atoms with Gasteiger partial charge in [-0.15, -0.1) is 0 Å². The highest BCUT2D eigenvalue weighted by Crippen LogP contribution is 2.57. The lowest BCUT2D eigenvalue weighted by molar-refractivity contribution is -0.379. The molecule has 0 aliphatic heterocycles. The molecule has 2 aliphatic carbocycles. The van der Waals surface area contributed by atoms with Gasteiger partial charge >= 0.3 is 5.97 Å². The Morgan fingerprint density at radius 2 is 0.486 bits per heavy atom. The summed E-state index contributed by atoms with van der Waals surface area (Å²) >= 11 is 3.86. The van der Waals surface area contributed by atoms with Crippen LogP contribution >= 0.6 is 15.9 Å². The first-order valence-electron chi connectivity index (χ1n) is 47.0. The Bertz CT molecular complexity index is 3730. The van der Waals surface area contributed by atoms with Gasteiger partial charge < -0.3 is 29.8 Å². The van der Waals surface area contributed by atoms with Gasteiger partial charge in [0.1, 0.15) is 264 Å².